The fraction of sp³-hybridized carbons (Fsp3) is 0.261. The molecular formula is C23H23N5O6. The van der Waals surface area contributed by atoms with E-state index < -0.39 is 35.3 Å². The Morgan fingerprint density at radius 2 is 1.88 bits per heavy atom. The lowest BCUT2D eigenvalue weighted by Gasteiger charge is -2.37. The lowest BCUT2D eigenvalue weighted by molar-refractivity contribution is -0.160. The molecule has 176 valence electrons. The van der Waals surface area contributed by atoms with Crippen LogP contribution in [0.4, 0.5) is 11.4 Å². The van der Waals surface area contributed by atoms with Crippen LogP contribution in [0, 0.1) is 5.41 Å². The molecule has 0 saturated carbocycles. The zero-order valence-electron chi connectivity index (χ0n) is 18.3. The van der Waals surface area contributed by atoms with Gasteiger partial charge in [0.25, 0.3) is 23.3 Å². The van der Waals surface area contributed by atoms with Crippen LogP contribution < -0.4 is 21.1 Å². The van der Waals surface area contributed by atoms with Crippen molar-refractivity contribution < 1.29 is 29.0 Å². The third-order valence-corrected chi connectivity index (χ3v) is 5.90. The van der Waals surface area contributed by atoms with Crippen molar-refractivity contribution in [3.8, 4) is 5.75 Å². The van der Waals surface area contributed by atoms with E-state index in [1.54, 1.807) is 18.2 Å². The summed E-state index contributed by atoms with van der Waals surface area (Å²) in [5.74, 6) is -2.94. The van der Waals surface area contributed by atoms with Crippen LogP contribution in [0.3, 0.4) is 0 Å². The SMILES string of the molecule is C[C@@]1(C(=O)N2CCC[C@H]2C(=O)O)Oc2cc(NC(=O)c3ccc(C(=N)N)cc3)ccc2NC1=O. The van der Waals surface area contributed by atoms with Gasteiger partial charge in [0.1, 0.15) is 17.6 Å². The molecule has 3 amide bonds. The molecule has 0 spiro atoms. The molecule has 0 aromatic heterocycles. The average molecular weight is 465 g/mol. The zero-order valence-corrected chi connectivity index (χ0v) is 18.3. The summed E-state index contributed by atoms with van der Waals surface area (Å²) in [5.41, 5.74) is 4.96. The molecule has 1 fully saturated rings. The van der Waals surface area contributed by atoms with Gasteiger partial charge in [-0.2, -0.15) is 0 Å². The first-order chi connectivity index (χ1) is 16.1. The number of nitrogen functional groups attached to an aromatic ring is 1. The molecule has 0 bridgehead atoms. The van der Waals surface area contributed by atoms with E-state index in [-0.39, 0.29) is 18.1 Å². The van der Waals surface area contributed by atoms with Gasteiger partial charge < -0.3 is 31.1 Å². The summed E-state index contributed by atoms with van der Waals surface area (Å²) in [7, 11) is 0. The third-order valence-electron chi connectivity index (χ3n) is 5.90. The number of hydrogen-bond donors (Lipinski definition) is 5. The van der Waals surface area contributed by atoms with Crippen molar-refractivity contribution in [2.75, 3.05) is 17.2 Å². The van der Waals surface area contributed by atoms with Gasteiger partial charge in [-0.15, -0.1) is 0 Å². The molecule has 0 aliphatic carbocycles. The van der Waals surface area contributed by atoms with Gasteiger partial charge in [-0.1, -0.05) is 12.1 Å². The molecule has 2 aliphatic rings. The van der Waals surface area contributed by atoms with Gasteiger partial charge in [0.2, 0.25) is 0 Å². The number of aliphatic carboxylic acids is 1. The molecule has 11 nitrogen and oxygen atoms in total. The predicted octanol–water partition coefficient (Wildman–Crippen LogP) is 1.39. The van der Waals surface area contributed by atoms with Crippen LogP contribution in [0.5, 0.6) is 5.75 Å². The highest BCUT2D eigenvalue weighted by molar-refractivity contribution is 6.16. The summed E-state index contributed by atoms with van der Waals surface area (Å²) in [4.78, 5) is 51.2. The highest BCUT2D eigenvalue weighted by Crippen LogP contribution is 2.37. The summed E-state index contributed by atoms with van der Waals surface area (Å²) >= 11 is 0. The number of carbonyl (C=O) groups is 4. The average Bonchev–Trinajstić information content (AvgIpc) is 3.30. The molecule has 4 rings (SSSR count). The second-order valence-electron chi connectivity index (χ2n) is 8.24. The minimum absolute atomic E-state index is 0.109. The second kappa shape index (κ2) is 8.50. The van der Waals surface area contributed by atoms with Crippen molar-refractivity contribution in [1.29, 1.82) is 5.41 Å². The Morgan fingerprint density at radius 3 is 2.53 bits per heavy atom. The normalized spacial score (nSPS) is 21.1. The van der Waals surface area contributed by atoms with Crippen molar-refractivity contribution in [2.45, 2.75) is 31.4 Å². The summed E-state index contributed by atoms with van der Waals surface area (Å²) in [6.45, 7) is 1.51. The number of amides is 3. The molecule has 2 aliphatic heterocycles. The topological polar surface area (TPSA) is 175 Å². The van der Waals surface area contributed by atoms with Crippen LogP contribution in [0.15, 0.2) is 42.5 Å². The number of carbonyl (C=O) groups excluding carboxylic acids is 3. The maximum atomic E-state index is 13.2. The largest absolute Gasteiger partial charge is 0.480 e. The van der Waals surface area contributed by atoms with Crippen molar-refractivity contribution in [3.63, 3.8) is 0 Å². The van der Waals surface area contributed by atoms with E-state index in [0.717, 1.165) is 4.90 Å². The van der Waals surface area contributed by atoms with Crippen LogP contribution in [-0.4, -0.2) is 57.7 Å². The molecule has 11 heteroatoms. The second-order valence-corrected chi connectivity index (χ2v) is 8.24. The number of carboxylic acids is 1. The molecule has 2 atom stereocenters. The van der Waals surface area contributed by atoms with Crippen molar-refractivity contribution in [3.05, 3.63) is 53.6 Å². The number of benzene rings is 2. The number of likely N-dealkylation sites (tertiary alicyclic amines) is 1. The maximum absolute atomic E-state index is 13.2. The van der Waals surface area contributed by atoms with E-state index in [2.05, 4.69) is 10.6 Å². The Labute approximate surface area is 194 Å². The molecule has 6 N–H and O–H groups in total. The van der Waals surface area contributed by atoms with E-state index in [4.69, 9.17) is 15.9 Å². The number of rotatable bonds is 5. The number of ether oxygens (including phenoxy) is 1. The molecule has 2 aromatic rings. The quantitative estimate of drug-likeness (QED) is 0.252. The fourth-order valence-corrected chi connectivity index (χ4v) is 3.98. The summed E-state index contributed by atoms with van der Waals surface area (Å²) in [6, 6.07) is 9.74. The van der Waals surface area contributed by atoms with Crippen LogP contribution in [0.1, 0.15) is 35.7 Å². The standard InChI is InChI=1S/C23H23N5O6/c1-23(22(33)28-10-2-3-16(28)20(30)31)21(32)27-15-9-8-14(11-17(15)34-23)26-19(29)13-6-4-12(5-7-13)18(24)25/h4-9,11,16H,2-3,10H2,1H3,(H3,24,25)(H,26,29)(H,27,32)(H,30,31)/t16-,23+/m0/s1. The van der Waals surface area contributed by atoms with E-state index in [1.807, 2.05) is 0 Å². The Kier molecular flexibility index (Phi) is 5.70. The molecular weight excluding hydrogens is 442 g/mol. The molecule has 1 saturated heterocycles. The summed E-state index contributed by atoms with van der Waals surface area (Å²) in [6.07, 6.45) is 0.819. The molecule has 0 radical (unpaired) electrons. The number of fused-ring (bicyclic) bond motifs is 1. The molecule has 2 aromatic carbocycles. The van der Waals surface area contributed by atoms with E-state index in [9.17, 15) is 24.3 Å². The number of hydrogen-bond acceptors (Lipinski definition) is 6. The summed E-state index contributed by atoms with van der Waals surface area (Å²) in [5, 5.41) is 22.2. The van der Waals surface area contributed by atoms with Crippen molar-refractivity contribution in [2.24, 2.45) is 5.73 Å². The summed E-state index contributed by atoms with van der Waals surface area (Å²) < 4.78 is 5.82. The highest BCUT2D eigenvalue weighted by Gasteiger charge is 2.52. The first-order valence-corrected chi connectivity index (χ1v) is 10.5. The first-order valence-electron chi connectivity index (χ1n) is 10.5. The van der Waals surface area contributed by atoms with Crippen molar-refractivity contribution >= 4 is 40.9 Å². The van der Waals surface area contributed by atoms with Gasteiger partial charge in [-0.05, 0) is 44.0 Å². The van der Waals surface area contributed by atoms with Gasteiger partial charge in [-0.3, -0.25) is 19.8 Å². The fourth-order valence-electron chi connectivity index (χ4n) is 3.98. The number of anilines is 2. The Bertz CT molecular complexity index is 1210. The van der Waals surface area contributed by atoms with Crippen molar-refractivity contribution in [1.82, 2.24) is 4.90 Å². The van der Waals surface area contributed by atoms with E-state index in [0.29, 0.717) is 35.3 Å². The van der Waals surface area contributed by atoms with Gasteiger partial charge >= 0.3 is 5.97 Å². The maximum Gasteiger partial charge on any atom is 0.326 e. The lowest BCUT2D eigenvalue weighted by Crippen LogP contribution is -2.61. The highest BCUT2D eigenvalue weighted by atomic mass is 16.5. The number of carboxylic acid groups (broad SMARTS) is 1. The van der Waals surface area contributed by atoms with E-state index in [1.165, 1.54) is 31.2 Å². The van der Waals surface area contributed by atoms with Crippen LogP contribution >= 0.6 is 0 Å². The number of nitrogens with two attached hydrogens (primary N) is 1. The van der Waals surface area contributed by atoms with Gasteiger partial charge in [0, 0.05) is 29.4 Å². The Balaban J connectivity index is 1.54. The minimum atomic E-state index is -1.96. The van der Waals surface area contributed by atoms with Crippen LogP contribution in [-0.2, 0) is 14.4 Å². The van der Waals surface area contributed by atoms with Crippen LogP contribution in [0.25, 0.3) is 0 Å². The van der Waals surface area contributed by atoms with E-state index >= 15 is 0 Å². The Hall–Kier alpha value is -4.41. The smallest absolute Gasteiger partial charge is 0.326 e. The van der Waals surface area contributed by atoms with Gasteiger partial charge in [-0.25, -0.2) is 4.79 Å². The van der Waals surface area contributed by atoms with Gasteiger partial charge in [0.15, 0.2) is 0 Å². The molecule has 0 unspecified atom stereocenters. The van der Waals surface area contributed by atoms with Gasteiger partial charge in [0.05, 0.1) is 5.69 Å². The third kappa shape index (κ3) is 4.03. The molecule has 2 heterocycles. The van der Waals surface area contributed by atoms with Crippen LogP contribution in [0.2, 0.25) is 0 Å². The first kappa shape index (κ1) is 22.8. The Morgan fingerprint density at radius 1 is 1.21 bits per heavy atom. The minimum Gasteiger partial charge on any atom is -0.480 e. The number of nitrogens with one attached hydrogen (secondary N) is 3. The number of amidine groups is 1. The number of nitrogens with zero attached hydrogens (tertiary/aromatic N) is 1. The zero-order chi connectivity index (χ0) is 24.6. The predicted molar refractivity (Wildman–Crippen MR) is 122 cm³/mol. The monoisotopic (exact) mass is 465 g/mol. The lowest BCUT2D eigenvalue weighted by atomic mass is 10.00. The molecule has 34 heavy (non-hydrogen) atoms.